The highest BCUT2D eigenvalue weighted by Gasteiger charge is 2.33. The van der Waals surface area contributed by atoms with E-state index in [2.05, 4.69) is 0 Å². The van der Waals surface area contributed by atoms with E-state index in [1.807, 2.05) is 27.7 Å². The van der Waals surface area contributed by atoms with E-state index in [4.69, 9.17) is 4.74 Å². The van der Waals surface area contributed by atoms with Crippen LogP contribution in [0.1, 0.15) is 38.3 Å². The van der Waals surface area contributed by atoms with Gasteiger partial charge in [-0.3, -0.25) is 0 Å². The summed E-state index contributed by atoms with van der Waals surface area (Å²) in [4.78, 5) is 13.7. The lowest BCUT2D eigenvalue weighted by Gasteiger charge is -2.25. The molecule has 0 aliphatic carbocycles. The van der Waals surface area contributed by atoms with Crippen LogP contribution in [0.15, 0.2) is 18.2 Å². The van der Waals surface area contributed by atoms with Gasteiger partial charge in [-0.05, 0) is 63.8 Å². The van der Waals surface area contributed by atoms with Gasteiger partial charge in [-0.15, -0.1) is 0 Å². The fourth-order valence-corrected chi connectivity index (χ4v) is 2.85. The van der Waals surface area contributed by atoms with Gasteiger partial charge in [0.05, 0.1) is 6.10 Å². The first kappa shape index (κ1) is 17.7. The zero-order valence-corrected chi connectivity index (χ0v) is 14.3. The van der Waals surface area contributed by atoms with E-state index in [9.17, 15) is 14.3 Å². The maximum atomic E-state index is 13.3. The van der Waals surface area contributed by atoms with E-state index in [-0.39, 0.29) is 17.8 Å². The predicted molar refractivity (Wildman–Crippen MR) is 86.8 cm³/mol. The minimum atomic E-state index is -0.595. The number of nitrogens with zero attached hydrogens (tertiary/aromatic N) is 1. The molecular formula is C18H26FNO3. The molecule has 1 heterocycles. The summed E-state index contributed by atoms with van der Waals surface area (Å²) in [5, 5.41) is 10.4. The third-order valence-corrected chi connectivity index (χ3v) is 4.16. The van der Waals surface area contributed by atoms with Crippen LogP contribution in [-0.2, 0) is 11.2 Å². The van der Waals surface area contributed by atoms with Crippen molar-refractivity contribution in [1.29, 1.82) is 0 Å². The molecule has 128 valence electrons. The molecule has 1 aromatic rings. The highest BCUT2D eigenvalue weighted by molar-refractivity contribution is 5.68. The first-order valence-corrected chi connectivity index (χ1v) is 8.07. The second-order valence-electron chi connectivity index (χ2n) is 7.32. The number of carbonyl (C=O) groups is 1. The number of amides is 1. The number of benzene rings is 1. The summed E-state index contributed by atoms with van der Waals surface area (Å²) in [6, 6.07) is 4.61. The zero-order chi connectivity index (χ0) is 17.2. The molecule has 1 N–H and O–H groups in total. The van der Waals surface area contributed by atoms with Gasteiger partial charge < -0.3 is 14.7 Å². The lowest BCUT2D eigenvalue weighted by Crippen LogP contribution is -2.36. The summed E-state index contributed by atoms with van der Waals surface area (Å²) >= 11 is 0. The molecule has 1 aliphatic rings. The molecule has 23 heavy (non-hydrogen) atoms. The molecule has 0 bridgehead atoms. The van der Waals surface area contributed by atoms with E-state index < -0.39 is 11.7 Å². The molecule has 1 saturated heterocycles. The number of aliphatic hydroxyl groups is 1. The molecule has 1 aliphatic heterocycles. The van der Waals surface area contributed by atoms with Crippen LogP contribution in [0.3, 0.4) is 0 Å². The van der Waals surface area contributed by atoms with Gasteiger partial charge in [0.1, 0.15) is 11.4 Å². The van der Waals surface area contributed by atoms with Crippen LogP contribution in [0, 0.1) is 18.7 Å². The third-order valence-electron chi connectivity index (χ3n) is 4.16. The van der Waals surface area contributed by atoms with Crippen molar-refractivity contribution in [3.63, 3.8) is 0 Å². The van der Waals surface area contributed by atoms with Gasteiger partial charge in [-0.25, -0.2) is 9.18 Å². The van der Waals surface area contributed by atoms with Crippen LogP contribution in [0.2, 0.25) is 0 Å². The summed E-state index contributed by atoms with van der Waals surface area (Å²) in [7, 11) is 0. The summed E-state index contributed by atoms with van der Waals surface area (Å²) in [5.41, 5.74) is 1.26. The number of likely N-dealkylation sites (tertiary alicyclic amines) is 1. The predicted octanol–water partition coefficient (Wildman–Crippen LogP) is 3.29. The van der Waals surface area contributed by atoms with Crippen molar-refractivity contribution in [1.82, 2.24) is 4.90 Å². The molecule has 4 nitrogen and oxygen atoms in total. The Bertz CT molecular complexity index is 568. The van der Waals surface area contributed by atoms with Gasteiger partial charge in [-0.1, -0.05) is 6.07 Å². The molecule has 0 spiro atoms. The molecule has 0 saturated carbocycles. The van der Waals surface area contributed by atoms with Gasteiger partial charge in [0.2, 0.25) is 0 Å². The van der Waals surface area contributed by atoms with Gasteiger partial charge in [0.15, 0.2) is 0 Å². The third kappa shape index (κ3) is 4.93. The number of hydrogen-bond acceptors (Lipinski definition) is 3. The van der Waals surface area contributed by atoms with Crippen LogP contribution >= 0.6 is 0 Å². The number of carbonyl (C=O) groups excluding carboxylic acids is 1. The molecule has 1 amide bonds. The van der Waals surface area contributed by atoms with Crippen molar-refractivity contribution in [3.05, 3.63) is 35.1 Å². The van der Waals surface area contributed by atoms with Crippen LogP contribution in [-0.4, -0.2) is 40.9 Å². The molecule has 2 unspecified atom stereocenters. The van der Waals surface area contributed by atoms with E-state index in [0.29, 0.717) is 19.5 Å². The number of aryl methyl sites for hydroxylation is 1. The van der Waals surface area contributed by atoms with E-state index in [0.717, 1.165) is 17.5 Å². The van der Waals surface area contributed by atoms with E-state index in [1.165, 1.54) is 12.1 Å². The largest absolute Gasteiger partial charge is 0.444 e. The maximum Gasteiger partial charge on any atom is 0.410 e. The standard InChI is InChI=1S/C18H26FNO3/c1-12-5-6-15(19)9-14(12)10-16(21)13-7-8-20(11-13)17(22)23-18(2,3)4/h5-6,9,13,16,21H,7-8,10-11H2,1-4H3. The second kappa shape index (κ2) is 6.87. The SMILES string of the molecule is Cc1ccc(F)cc1CC(O)C1CCN(C(=O)OC(C)(C)C)C1. The van der Waals surface area contributed by atoms with Crippen molar-refractivity contribution in [3.8, 4) is 0 Å². The summed E-state index contributed by atoms with van der Waals surface area (Å²) < 4.78 is 18.7. The Kier molecular flexibility index (Phi) is 5.30. The summed E-state index contributed by atoms with van der Waals surface area (Å²) in [6.07, 6.45) is 0.197. The number of ether oxygens (including phenoxy) is 1. The smallest absolute Gasteiger partial charge is 0.410 e. The van der Waals surface area contributed by atoms with Gasteiger partial charge in [-0.2, -0.15) is 0 Å². The Balaban J connectivity index is 1.93. The van der Waals surface area contributed by atoms with Gasteiger partial charge in [0, 0.05) is 19.0 Å². The van der Waals surface area contributed by atoms with Crippen molar-refractivity contribution in [2.24, 2.45) is 5.92 Å². The van der Waals surface area contributed by atoms with Gasteiger partial charge >= 0.3 is 6.09 Å². The van der Waals surface area contributed by atoms with Gasteiger partial charge in [0.25, 0.3) is 0 Å². The van der Waals surface area contributed by atoms with Crippen LogP contribution in [0.25, 0.3) is 0 Å². The summed E-state index contributed by atoms with van der Waals surface area (Å²) in [5.74, 6) is -0.301. The van der Waals surface area contributed by atoms with Crippen molar-refractivity contribution in [2.75, 3.05) is 13.1 Å². The molecule has 1 fully saturated rings. The molecule has 0 radical (unpaired) electrons. The number of halogens is 1. The fraction of sp³-hybridized carbons (Fsp3) is 0.611. The Morgan fingerprint density at radius 2 is 2.17 bits per heavy atom. The van der Waals surface area contributed by atoms with Crippen LogP contribution in [0.5, 0.6) is 0 Å². The molecule has 2 atom stereocenters. The Morgan fingerprint density at radius 1 is 1.48 bits per heavy atom. The Labute approximate surface area is 137 Å². The molecule has 0 aromatic heterocycles. The van der Waals surface area contributed by atoms with Crippen LogP contribution in [0.4, 0.5) is 9.18 Å². The highest BCUT2D eigenvalue weighted by Crippen LogP contribution is 2.25. The van der Waals surface area contributed by atoms with Crippen molar-refractivity contribution < 1.29 is 19.0 Å². The van der Waals surface area contributed by atoms with E-state index >= 15 is 0 Å². The molecular weight excluding hydrogens is 297 g/mol. The average Bonchev–Trinajstić information content (AvgIpc) is 2.91. The average molecular weight is 323 g/mol. The molecule has 5 heteroatoms. The quantitative estimate of drug-likeness (QED) is 0.928. The lowest BCUT2D eigenvalue weighted by atomic mass is 9.93. The number of aliphatic hydroxyl groups excluding tert-OH is 1. The van der Waals surface area contributed by atoms with Crippen molar-refractivity contribution >= 4 is 6.09 Å². The first-order valence-electron chi connectivity index (χ1n) is 8.07. The Morgan fingerprint density at radius 3 is 2.83 bits per heavy atom. The normalized spacial score (nSPS) is 19.7. The number of rotatable bonds is 3. The summed E-state index contributed by atoms with van der Waals surface area (Å²) in [6.45, 7) is 8.46. The maximum absolute atomic E-state index is 13.3. The highest BCUT2D eigenvalue weighted by atomic mass is 19.1. The number of hydrogen-bond donors (Lipinski definition) is 1. The Hall–Kier alpha value is -1.62. The topological polar surface area (TPSA) is 49.8 Å². The van der Waals surface area contributed by atoms with Crippen LogP contribution < -0.4 is 0 Å². The lowest BCUT2D eigenvalue weighted by molar-refractivity contribution is 0.0269. The molecule has 2 rings (SSSR count). The monoisotopic (exact) mass is 323 g/mol. The van der Waals surface area contributed by atoms with E-state index in [1.54, 1.807) is 11.0 Å². The fourth-order valence-electron chi connectivity index (χ4n) is 2.85. The first-order chi connectivity index (χ1) is 10.7. The minimum Gasteiger partial charge on any atom is -0.444 e. The zero-order valence-electron chi connectivity index (χ0n) is 14.3. The van der Waals surface area contributed by atoms with Crippen molar-refractivity contribution in [2.45, 2.75) is 52.2 Å². The minimum absolute atomic E-state index is 0.00909. The molecule has 1 aromatic carbocycles. The second-order valence-corrected chi connectivity index (χ2v) is 7.32.